The molecule has 1 fully saturated rings. The summed E-state index contributed by atoms with van der Waals surface area (Å²) in [7, 11) is 0. The Kier molecular flexibility index (Phi) is 10.6. The average Bonchev–Trinajstić information content (AvgIpc) is 3.01. The summed E-state index contributed by atoms with van der Waals surface area (Å²) in [6.07, 6.45) is 0.999. The lowest BCUT2D eigenvalue weighted by Crippen LogP contribution is -2.56. The van der Waals surface area contributed by atoms with E-state index in [-0.39, 0.29) is 29.7 Å². The number of rotatable bonds is 13. The van der Waals surface area contributed by atoms with Crippen molar-refractivity contribution in [2.24, 2.45) is 5.92 Å². The molecule has 5 atom stereocenters. The van der Waals surface area contributed by atoms with Crippen LogP contribution in [0.15, 0.2) is 139 Å². The Morgan fingerprint density at radius 1 is 0.625 bits per heavy atom. The van der Waals surface area contributed by atoms with Crippen molar-refractivity contribution < 1.29 is 18.9 Å². The van der Waals surface area contributed by atoms with E-state index in [2.05, 4.69) is 55.1 Å². The molecule has 1 aliphatic rings. The maximum absolute atomic E-state index is 6.78. The molecule has 0 aliphatic carbocycles. The molecule has 4 aromatic rings. The average molecular weight is 553 g/mol. The summed E-state index contributed by atoms with van der Waals surface area (Å²) < 4.78 is 26.3. The zero-order chi connectivity index (χ0) is 27.4. The smallest absolute Gasteiger partial charge is 0.117 e. The van der Waals surface area contributed by atoms with Crippen molar-refractivity contribution in [2.45, 2.75) is 48.5 Å². The summed E-state index contributed by atoms with van der Waals surface area (Å²) in [5, 5.41) is 0. The standard InChI is InChI=1S/C35H36O4S/c1-2-31-33(37-24-28-17-9-4-10-18-28)34(38-25-29-19-11-5-12-20-29)32(26-36-23-27-15-7-3-8-16-27)39-35(31)40-30-21-13-6-14-22-30/h2-22,31-35H,1,23-26H2/t31-,32-,33-,34-,35?/m1/s1. The molecule has 40 heavy (non-hydrogen) atoms. The molecule has 0 spiro atoms. The van der Waals surface area contributed by atoms with Gasteiger partial charge in [-0.2, -0.15) is 0 Å². The van der Waals surface area contributed by atoms with Crippen LogP contribution >= 0.6 is 11.8 Å². The maximum Gasteiger partial charge on any atom is 0.117 e. The van der Waals surface area contributed by atoms with Gasteiger partial charge in [-0.05, 0) is 28.8 Å². The number of benzene rings is 4. The minimum Gasteiger partial charge on any atom is -0.374 e. The first-order valence-corrected chi connectivity index (χ1v) is 14.6. The van der Waals surface area contributed by atoms with Crippen LogP contribution in [0.4, 0.5) is 0 Å². The predicted octanol–water partition coefficient (Wildman–Crippen LogP) is 7.69. The molecule has 0 N–H and O–H groups in total. The molecule has 4 aromatic carbocycles. The fourth-order valence-corrected chi connectivity index (χ4v) is 6.06. The third kappa shape index (κ3) is 7.94. The van der Waals surface area contributed by atoms with Gasteiger partial charge >= 0.3 is 0 Å². The summed E-state index contributed by atoms with van der Waals surface area (Å²) in [6, 6.07) is 41.0. The quantitative estimate of drug-likeness (QED) is 0.159. The SMILES string of the molecule is C=C[C@H]1C(Sc2ccccc2)O[C@H](COCc2ccccc2)[C@@H](OCc2ccccc2)[C@@H]1OCc1ccccc1. The van der Waals surface area contributed by atoms with Gasteiger partial charge in [0.1, 0.15) is 17.6 Å². The van der Waals surface area contributed by atoms with Crippen molar-refractivity contribution in [3.63, 3.8) is 0 Å². The summed E-state index contributed by atoms with van der Waals surface area (Å²) >= 11 is 1.69. The Balaban J connectivity index is 1.40. The lowest BCUT2D eigenvalue weighted by atomic mass is 9.91. The largest absolute Gasteiger partial charge is 0.374 e. The van der Waals surface area contributed by atoms with Crippen LogP contribution in [-0.2, 0) is 38.8 Å². The molecular formula is C35H36O4S. The van der Waals surface area contributed by atoms with Gasteiger partial charge in [0, 0.05) is 10.8 Å². The second-order valence-electron chi connectivity index (χ2n) is 9.81. The number of thioether (sulfide) groups is 1. The van der Waals surface area contributed by atoms with Crippen LogP contribution < -0.4 is 0 Å². The highest BCUT2D eigenvalue weighted by atomic mass is 32.2. The molecule has 5 heteroatoms. The van der Waals surface area contributed by atoms with E-state index in [1.54, 1.807) is 11.8 Å². The van der Waals surface area contributed by atoms with Crippen LogP contribution in [0.25, 0.3) is 0 Å². The molecule has 0 amide bonds. The topological polar surface area (TPSA) is 36.9 Å². The zero-order valence-corrected chi connectivity index (χ0v) is 23.4. The van der Waals surface area contributed by atoms with Gasteiger partial charge in [0.2, 0.25) is 0 Å². The van der Waals surface area contributed by atoms with Crippen LogP contribution in [0.1, 0.15) is 16.7 Å². The molecule has 4 nitrogen and oxygen atoms in total. The van der Waals surface area contributed by atoms with Gasteiger partial charge in [-0.3, -0.25) is 0 Å². The molecule has 1 heterocycles. The normalized spacial score (nSPS) is 22.6. The van der Waals surface area contributed by atoms with Crippen LogP contribution in [0.3, 0.4) is 0 Å². The lowest BCUT2D eigenvalue weighted by molar-refractivity contribution is -0.219. The second kappa shape index (κ2) is 15.0. The van der Waals surface area contributed by atoms with Gasteiger partial charge in [-0.15, -0.1) is 6.58 Å². The van der Waals surface area contributed by atoms with Gasteiger partial charge < -0.3 is 18.9 Å². The van der Waals surface area contributed by atoms with E-state index in [0.717, 1.165) is 21.6 Å². The van der Waals surface area contributed by atoms with Gasteiger partial charge in [0.15, 0.2) is 0 Å². The molecular weight excluding hydrogens is 516 g/mol. The molecule has 0 bridgehead atoms. The molecule has 0 radical (unpaired) electrons. The minimum absolute atomic E-state index is 0.0972. The van der Waals surface area contributed by atoms with Crippen molar-refractivity contribution in [1.82, 2.24) is 0 Å². The predicted molar refractivity (Wildman–Crippen MR) is 161 cm³/mol. The van der Waals surface area contributed by atoms with E-state index >= 15 is 0 Å². The maximum atomic E-state index is 6.78. The molecule has 5 rings (SSSR count). The number of hydrogen-bond donors (Lipinski definition) is 0. The van der Waals surface area contributed by atoms with Crippen molar-refractivity contribution in [1.29, 1.82) is 0 Å². The van der Waals surface area contributed by atoms with E-state index < -0.39 is 0 Å². The van der Waals surface area contributed by atoms with Gasteiger partial charge in [-0.1, -0.05) is 127 Å². The molecule has 0 aromatic heterocycles. The Hall–Kier alpha value is -3.19. The summed E-state index contributed by atoms with van der Waals surface area (Å²) in [5.74, 6) is -0.0972. The minimum atomic E-state index is -0.352. The Morgan fingerprint density at radius 3 is 1.62 bits per heavy atom. The Bertz CT molecular complexity index is 1270. The summed E-state index contributed by atoms with van der Waals surface area (Å²) in [4.78, 5) is 1.13. The van der Waals surface area contributed by atoms with Gasteiger partial charge in [0.25, 0.3) is 0 Å². The van der Waals surface area contributed by atoms with E-state index in [0.29, 0.717) is 26.4 Å². The first-order chi connectivity index (χ1) is 19.8. The van der Waals surface area contributed by atoms with Crippen molar-refractivity contribution in [2.75, 3.05) is 6.61 Å². The van der Waals surface area contributed by atoms with E-state index in [4.69, 9.17) is 18.9 Å². The third-order valence-corrected chi connectivity index (χ3v) is 8.13. The summed E-state index contributed by atoms with van der Waals surface area (Å²) in [5.41, 5.74) is 3.13. The fourth-order valence-electron chi connectivity index (χ4n) is 4.85. The van der Waals surface area contributed by atoms with Gasteiger partial charge in [0.05, 0.1) is 32.5 Å². The van der Waals surface area contributed by atoms with E-state index in [1.165, 1.54) is 0 Å². The van der Waals surface area contributed by atoms with E-state index in [9.17, 15) is 0 Å². The van der Waals surface area contributed by atoms with Crippen LogP contribution in [0.2, 0.25) is 0 Å². The van der Waals surface area contributed by atoms with Crippen LogP contribution in [0.5, 0.6) is 0 Å². The Morgan fingerprint density at radius 2 is 1.10 bits per heavy atom. The van der Waals surface area contributed by atoms with Crippen LogP contribution in [-0.4, -0.2) is 30.4 Å². The molecule has 0 saturated carbocycles. The molecule has 1 unspecified atom stereocenters. The highest BCUT2D eigenvalue weighted by molar-refractivity contribution is 7.99. The fraction of sp³-hybridized carbons (Fsp3) is 0.257. The highest BCUT2D eigenvalue weighted by Gasteiger charge is 2.46. The van der Waals surface area contributed by atoms with Crippen LogP contribution in [0, 0.1) is 5.92 Å². The first kappa shape index (κ1) is 28.3. The molecule has 1 saturated heterocycles. The van der Waals surface area contributed by atoms with Crippen molar-refractivity contribution in [3.8, 4) is 0 Å². The lowest BCUT2D eigenvalue weighted by Gasteiger charge is -2.45. The number of hydrogen-bond acceptors (Lipinski definition) is 5. The van der Waals surface area contributed by atoms with Crippen molar-refractivity contribution >= 4 is 11.8 Å². The monoisotopic (exact) mass is 552 g/mol. The van der Waals surface area contributed by atoms with Gasteiger partial charge in [-0.25, -0.2) is 0 Å². The van der Waals surface area contributed by atoms with Crippen molar-refractivity contribution in [3.05, 3.63) is 151 Å². The molecule has 1 aliphatic heterocycles. The first-order valence-electron chi connectivity index (χ1n) is 13.7. The second-order valence-corrected chi connectivity index (χ2v) is 11.0. The molecule has 206 valence electrons. The highest BCUT2D eigenvalue weighted by Crippen LogP contribution is 2.40. The van der Waals surface area contributed by atoms with E-state index in [1.807, 2.05) is 78.9 Å². The zero-order valence-electron chi connectivity index (χ0n) is 22.6. The summed E-state index contributed by atoms with van der Waals surface area (Å²) in [6.45, 7) is 6.02. The third-order valence-electron chi connectivity index (χ3n) is 6.92. The number of ether oxygens (including phenoxy) is 4. The Labute approximate surface area is 241 Å².